The van der Waals surface area contributed by atoms with Gasteiger partial charge in [0.1, 0.15) is 17.8 Å². The minimum atomic E-state index is 0.0596. The van der Waals surface area contributed by atoms with Gasteiger partial charge in [-0.2, -0.15) is 0 Å². The lowest BCUT2D eigenvalue weighted by Crippen LogP contribution is -2.53. The number of nitrogens with two attached hydrogens (primary N) is 1. The van der Waals surface area contributed by atoms with Gasteiger partial charge >= 0.3 is 0 Å². The summed E-state index contributed by atoms with van der Waals surface area (Å²) >= 11 is 1.61. The molecule has 0 radical (unpaired) electrons. The molecule has 1 saturated heterocycles. The number of thioether (sulfide) groups is 1. The lowest BCUT2D eigenvalue weighted by Gasteiger charge is -2.38. The summed E-state index contributed by atoms with van der Waals surface area (Å²) in [6.07, 6.45) is 7.29. The summed E-state index contributed by atoms with van der Waals surface area (Å²) in [5.41, 5.74) is 6.96. The highest BCUT2D eigenvalue weighted by molar-refractivity contribution is 8.04. The number of rotatable bonds is 2. The Balaban J connectivity index is 1.62. The van der Waals surface area contributed by atoms with Crippen molar-refractivity contribution < 1.29 is 4.79 Å². The molecule has 2 aliphatic rings. The van der Waals surface area contributed by atoms with E-state index in [4.69, 9.17) is 5.73 Å². The number of hydrogen-bond acceptors (Lipinski definition) is 6. The highest BCUT2D eigenvalue weighted by Crippen LogP contribution is 2.31. The minimum absolute atomic E-state index is 0.0596. The second-order valence-electron chi connectivity index (χ2n) is 6.52. The molecule has 0 spiro atoms. The van der Waals surface area contributed by atoms with Gasteiger partial charge in [-0.25, -0.2) is 9.97 Å². The first-order valence-corrected chi connectivity index (χ1v) is 9.59. The smallest absolute Gasteiger partial charge is 0.262 e. The fourth-order valence-corrected chi connectivity index (χ4v) is 4.42. The lowest BCUT2D eigenvalue weighted by atomic mass is 9.98. The Kier molecular flexibility index (Phi) is 4.39. The molecule has 0 aromatic carbocycles. The zero-order valence-electron chi connectivity index (χ0n) is 14.2. The van der Waals surface area contributed by atoms with Crippen molar-refractivity contribution in [2.45, 2.75) is 31.8 Å². The standard InChI is InChI=1S/C17H22N6OS/c1-11-13(18)3-2-6-23(11)17(24)14-9-22(7-8-25-14)16-12-4-5-19-15(12)20-10-21-16/h4-5,9-11,13H,2-3,6-8,18H2,1H3,(H,19,20,21)/t11-,13-/m1/s1. The number of likely N-dealkylation sites (tertiary alicyclic amines) is 1. The van der Waals surface area contributed by atoms with Gasteiger partial charge in [0.15, 0.2) is 0 Å². The van der Waals surface area contributed by atoms with Gasteiger partial charge in [-0.1, -0.05) is 0 Å². The summed E-state index contributed by atoms with van der Waals surface area (Å²) in [5.74, 6) is 1.76. The summed E-state index contributed by atoms with van der Waals surface area (Å²) in [7, 11) is 0. The van der Waals surface area contributed by atoms with Gasteiger partial charge in [-0.15, -0.1) is 11.8 Å². The number of nitrogens with one attached hydrogen (secondary N) is 1. The molecule has 25 heavy (non-hydrogen) atoms. The quantitative estimate of drug-likeness (QED) is 0.849. The molecule has 1 fully saturated rings. The first-order chi connectivity index (χ1) is 12.1. The van der Waals surface area contributed by atoms with Crippen molar-refractivity contribution in [1.29, 1.82) is 0 Å². The van der Waals surface area contributed by atoms with Crippen molar-refractivity contribution in [1.82, 2.24) is 19.9 Å². The van der Waals surface area contributed by atoms with Crippen LogP contribution in [0.3, 0.4) is 0 Å². The highest BCUT2D eigenvalue weighted by Gasteiger charge is 2.32. The number of carbonyl (C=O) groups excluding carboxylic acids is 1. The van der Waals surface area contributed by atoms with Crippen LogP contribution in [0.2, 0.25) is 0 Å². The molecule has 2 aromatic rings. The SMILES string of the molecule is C[C@@H]1[C@H](N)CCCN1C(=O)C1=CN(c2ncnc3[nH]ccc23)CCS1. The van der Waals surface area contributed by atoms with E-state index < -0.39 is 0 Å². The van der Waals surface area contributed by atoms with Gasteiger partial charge in [-0.3, -0.25) is 4.79 Å². The van der Waals surface area contributed by atoms with Crippen molar-refractivity contribution in [3.63, 3.8) is 0 Å². The molecule has 2 atom stereocenters. The van der Waals surface area contributed by atoms with E-state index in [1.807, 2.05) is 30.3 Å². The largest absolute Gasteiger partial charge is 0.346 e. The Morgan fingerprint density at radius 3 is 3.16 bits per heavy atom. The topological polar surface area (TPSA) is 91.1 Å². The fraction of sp³-hybridized carbons (Fsp3) is 0.471. The van der Waals surface area contributed by atoms with Gasteiger partial charge in [0.05, 0.1) is 10.3 Å². The molecular weight excluding hydrogens is 336 g/mol. The molecule has 2 aliphatic heterocycles. The van der Waals surface area contributed by atoms with Crippen LogP contribution < -0.4 is 10.6 Å². The summed E-state index contributed by atoms with van der Waals surface area (Å²) in [5, 5.41) is 0.964. The molecule has 0 bridgehead atoms. The van der Waals surface area contributed by atoms with Gasteiger partial charge in [0.2, 0.25) is 0 Å². The van der Waals surface area contributed by atoms with Crippen molar-refractivity contribution in [2.24, 2.45) is 5.73 Å². The highest BCUT2D eigenvalue weighted by atomic mass is 32.2. The van der Waals surface area contributed by atoms with Crippen molar-refractivity contribution in [3.05, 3.63) is 29.7 Å². The minimum Gasteiger partial charge on any atom is -0.346 e. The first-order valence-electron chi connectivity index (χ1n) is 8.61. The summed E-state index contributed by atoms with van der Waals surface area (Å²) < 4.78 is 0. The Hall–Kier alpha value is -2.06. The van der Waals surface area contributed by atoms with E-state index in [0.29, 0.717) is 0 Å². The zero-order chi connectivity index (χ0) is 17.4. The molecule has 2 aromatic heterocycles. The van der Waals surface area contributed by atoms with Crippen LogP contribution in [0.5, 0.6) is 0 Å². The Morgan fingerprint density at radius 2 is 2.28 bits per heavy atom. The second kappa shape index (κ2) is 6.68. The molecular formula is C17H22N6OS. The molecule has 0 saturated carbocycles. The zero-order valence-corrected chi connectivity index (χ0v) is 15.0. The Morgan fingerprint density at radius 1 is 1.40 bits per heavy atom. The number of amides is 1. The molecule has 7 nitrogen and oxygen atoms in total. The van der Waals surface area contributed by atoms with Crippen molar-refractivity contribution >= 4 is 34.5 Å². The van der Waals surface area contributed by atoms with Gasteiger partial charge < -0.3 is 20.5 Å². The fourth-order valence-electron chi connectivity index (χ4n) is 3.47. The van der Waals surface area contributed by atoms with E-state index in [2.05, 4.69) is 19.9 Å². The summed E-state index contributed by atoms with van der Waals surface area (Å²) in [6, 6.07) is 2.10. The number of nitrogens with zero attached hydrogens (tertiary/aromatic N) is 4. The monoisotopic (exact) mass is 358 g/mol. The van der Waals surface area contributed by atoms with Crippen LogP contribution in [0.4, 0.5) is 5.82 Å². The first kappa shape index (κ1) is 16.4. The molecule has 132 valence electrons. The van der Waals surface area contributed by atoms with E-state index in [1.54, 1.807) is 18.1 Å². The van der Waals surface area contributed by atoms with E-state index in [1.165, 1.54) is 0 Å². The molecule has 4 rings (SSSR count). The Labute approximate surface area is 150 Å². The van der Waals surface area contributed by atoms with E-state index in [0.717, 1.165) is 53.4 Å². The van der Waals surface area contributed by atoms with Crippen LogP contribution >= 0.6 is 11.8 Å². The van der Waals surface area contributed by atoms with E-state index >= 15 is 0 Å². The second-order valence-corrected chi connectivity index (χ2v) is 7.65. The maximum atomic E-state index is 13.0. The molecule has 8 heteroatoms. The summed E-state index contributed by atoms with van der Waals surface area (Å²) in [6.45, 7) is 3.64. The third-order valence-corrected chi connectivity index (χ3v) is 5.96. The van der Waals surface area contributed by atoms with Crippen LogP contribution in [0.25, 0.3) is 11.0 Å². The van der Waals surface area contributed by atoms with Gasteiger partial charge in [0, 0.05) is 43.3 Å². The van der Waals surface area contributed by atoms with Crippen LogP contribution in [0, 0.1) is 0 Å². The number of aromatic nitrogens is 3. The molecule has 3 N–H and O–H groups in total. The van der Waals surface area contributed by atoms with Gasteiger partial charge in [-0.05, 0) is 25.8 Å². The van der Waals surface area contributed by atoms with Gasteiger partial charge in [0.25, 0.3) is 5.91 Å². The van der Waals surface area contributed by atoms with Crippen molar-refractivity contribution in [3.8, 4) is 0 Å². The van der Waals surface area contributed by atoms with Crippen LogP contribution in [0.1, 0.15) is 19.8 Å². The maximum Gasteiger partial charge on any atom is 0.262 e. The predicted octanol–water partition coefficient (Wildman–Crippen LogP) is 1.69. The van der Waals surface area contributed by atoms with E-state index in [9.17, 15) is 4.79 Å². The third-order valence-electron chi connectivity index (χ3n) is 4.99. The third kappa shape index (κ3) is 3.00. The average Bonchev–Trinajstić information content (AvgIpc) is 3.12. The predicted molar refractivity (Wildman–Crippen MR) is 100 cm³/mol. The number of hydrogen-bond donors (Lipinski definition) is 2. The number of aromatic amines is 1. The molecule has 0 aliphatic carbocycles. The number of piperidine rings is 1. The van der Waals surface area contributed by atoms with Crippen LogP contribution in [0.15, 0.2) is 29.7 Å². The molecule has 1 amide bonds. The van der Waals surface area contributed by atoms with E-state index in [-0.39, 0.29) is 18.0 Å². The maximum absolute atomic E-state index is 13.0. The Bertz CT molecular complexity index is 818. The lowest BCUT2D eigenvalue weighted by molar-refractivity contribution is -0.129. The number of fused-ring (bicyclic) bond motifs is 1. The average molecular weight is 358 g/mol. The number of H-pyrrole nitrogens is 1. The van der Waals surface area contributed by atoms with Crippen LogP contribution in [-0.2, 0) is 4.79 Å². The van der Waals surface area contributed by atoms with Crippen LogP contribution in [-0.4, -0.2) is 56.7 Å². The normalized spacial score (nSPS) is 24.5. The molecule has 0 unspecified atom stereocenters. The number of anilines is 1. The molecule has 4 heterocycles. The number of carbonyl (C=O) groups is 1. The summed E-state index contributed by atoms with van der Waals surface area (Å²) in [4.78, 5) is 29.5. The van der Waals surface area contributed by atoms with Crippen molar-refractivity contribution in [2.75, 3.05) is 23.7 Å².